The van der Waals surface area contributed by atoms with Crippen molar-refractivity contribution in [3.8, 4) is 5.75 Å². The molecule has 14 heavy (non-hydrogen) atoms. The van der Waals surface area contributed by atoms with Gasteiger partial charge in [0.15, 0.2) is 6.04 Å². The zero-order valence-electron chi connectivity index (χ0n) is 6.92. The number of hydrogen-bond acceptors (Lipinski definition) is 3. The first-order chi connectivity index (χ1) is 6.45. The van der Waals surface area contributed by atoms with E-state index in [9.17, 15) is 13.2 Å². The van der Waals surface area contributed by atoms with Gasteiger partial charge in [0.25, 0.3) is 0 Å². The van der Waals surface area contributed by atoms with Crippen LogP contribution >= 0.6 is 0 Å². The smallest absolute Gasteiger partial charge is 0.410 e. The quantitative estimate of drug-likeness (QED) is 0.650. The second-order valence-corrected chi connectivity index (χ2v) is 2.70. The Kier molecular flexibility index (Phi) is 2.97. The third-order valence-corrected chi connectivity index (χ3v) is 1.68. The minimum atomic E-state index is -4.58. The molecule has 0 aliphatic heterocycles. The molecule has 0 radical (unpaired) electrons. The molecule has 3 N–H and O–H groups in total. The molecule has 0 aliphatic rings. The van der Waals surface area contributed by atoms with Crippen LogP contribution in [0.4, 0.5) is 13.2 Å². The summed E-state index contributed by atoms with van der Waals surface area (Å²) in [5, 5.41) is 17.2. The van der Waals surface area contributed by atoms with Gasteiger partial charge in [0.2, 0.25) is 0 Å². The van der Waals surface area contributed by atoms with Crippen molar-refractivity contribution >= 4 is 0 Å². The van der Waals surface area contributed by atoms with Gasteiger partial charge >= 0.3 is 6.18 Å². The maximum absolute atomic E-state index is 12.2. The standard InChI is InChI=1S/C8H8F3NO2/c9-8(10,11)7(12-14)5-1-3-6(13)4-2-5/h1-4,7,12-14H/t7-/m0/s1. The Balaban J connectivity index is 2.96. The summed E-state index contributed by atoms with van der Waals surface area (Å²) in [4.78, 5) is 0. The van der Waals surface area contributed by atoms with E-state index in [4.69, 9.17) is 10.3 Å². The van der Waals surface area contributed by atoms with Crippen LogP contribution in [-0.4, -0.2) is 16.5 Å². The molecule has 0 spiro atoms. The van der Waals surface area contributed by atoms with Crippen molar-refractivity contribution in [2.45, 2.75) is 12.2 Å². The second-order valence-electron chi connectivity index (χ2n) is 2.70. The number of halogens is 3. The van der Waals surface area contributed by atoms with E-state index < -0.39 is 12.2 Å². The van der Waals surface area contributed by atoms with Crippen LogP contribution < -0.4 is 5.48 Å². The van der Waals surface area contributed by atoms with Gasteiger partial charge in [-0.25, -0.2) is 0 Å². The average molecular weight is 207 g/mol. The molecule has 0 saturated heterocycles. The normalized spacial score (nSPS) is 14.0. The van der Waals surface area contributed by atoms with E-state index in [0.717, 1.165) is 24.3 Å². The zero-order chi connectivity index (χ0) is 10.8. The molecule has 1 rings (SSSR count). The van der Waals surface area contributed by atoms with Gasteiger partial charge in [-0.15, -0.1) is 0 Å². The van der Waals surface area contributed by atoms with Crippen molar-refractivity contribution < 1.29 is 23.5 Å². The van der Waals surface area contributed by atoms with Gasteiger partial charge in [-0.05, 0) is 17.7 Å². The van der Waals surface area contributed by atoms with Crippen molar-refractivity contribution in [2.24, 2.45) is 0 Å². The number of rotatable bonds is 2. The van der Waals surface area contributed by atoms with Crippen LogP contribution in [0.3, 0.4) is 0 Å². The third-order valence-electron chi connectivity index (χ3n) is 1.68. The van der Waals surface area contributed by atoms with Crippen LogP contribution in [0.1, 0.15) is 11.6 Å². The maximum atomic E-state index is 12.2. The summed E-state index contributed by atoms with van der Waals surface area (Å²) in [6.07, 6.45) is -4.58. The molecule has 1 aromatic rings. The number of benzene rings is 1. The molecule has 6 heteroatoms. The summed E-state index contributed by atoms with van der Waals surface area (Å²) in [5.41, 5.74) is 1.00. The van der Waals surface area contributed by atoms with Gasteiger partial charge in [0.1, 0.15) is 5.75 Å². The molecule has 78 valence electrons. The van der Waals surface area contributed by atoms with Crippen LogP contribution in [0.5, 0.6) is 5.75 Å². The minimum absolute atomic E-state index is 0.132. The number of alkyl halides is 3. The highest BCUT2D eigenvalue weighted by Gasteiger charge is 2.40. The average Bonchev–Trinajstić information content (AvgIpc) is 2.07. The Labute approximate surface area is 77.8 Å². The summed E-state index contributed by atoms with van der Waals surface area (Å²) in [6, 6.07) is 2.26. The van der Waals surface area contributed by atoms with Crippen LogP contribution in [0.25, 0.3) is 0 Å². The number of aromatic hydroxyl groups is 1. The summed E-state index contributed by atoms with van der Waals surface area (Å²) < 4.78 is 36.7. The van der Waals surface area contributed by atoms with Gasteiger partial charge in [-0.3, -0.25) is 0 Å². The lowest BCUT2D eigenvalue weighted by Gasteiger charge is -2.18. The van der Waals surface area contributed by atoms with Crippen LogP contribution in [-0.2, 0) is 0 Å². The zero-order valence-corrected chi connectivity index (χ0v) is 6.92. The van der Waals surface area contributed by atoms with Crippen LogP contribution in [0.15, 0.2) is 24.3 Å². The van der Waals surface area contributed by atoms with Crippen LogP contribution in [0.2, 0.25) is 0 Å². The fourth-order valence-corrected chi connectivity index (χ4v) is 1.00. The van der Waals surface area contributed by atoms with E-state index in [0.29, 0.717) is 0 Å². The molecule has 0 heterocycles. The molecule has 1 aromatic carbocycles. The van der Waals surface area contributed by atoms with E-state index in [1.165, 1.54) is 5.48 Å². The lowest BCUT2D eigenvalue weighted by Crippen LogP contribution is -2.31. The Morgan fingerprint density at radius 1 is 1.14 bits per heavy atom. The van der Waals surface area contributed by atoms with Gasteiger partial charge in [-0.2, -0.15) is 18.7 Å². The van der Waals surface area contributed by atoms with Gasteiger partial charge in [0, 0.05) is 0 Å². The largest absolute Gasteiger partial charge is 0.508 e. The third kappa shape index (κ3) is 2.36. The molecule has 3 nitrogen and oxygen atoms in total. The Morgan fingerprint density at radius 2 is 1.64 bits per heavy atom. The topological polar surface area (TPSA) is 52.5 Å². The lowest BCUT2D eigenvalue weighted by atomic mass is 10.1. The monoisotopic (exact) mass is 207 g/mol. The molecular weight excluding hydrogens is 199 g/mol. The SMILES string of the molecule is ON[C@@H](c1ccc(O)cc1)C(F)(F)F. The lowest BCUT2D eigenvalue weighted by molar-refractivity contribution is -0.178. The molecule has 0 amide bonds. The molecule has 1 atom stereocenters. The maximum Gasteiger partial charge on any atom is 0.410 e. The Hall–Kier alpha value is -1.27. The first kappa shape index (κ1) is 10.8. The van der Waals surface area contributed by atoms with Crippen molar-refractivity contribution in [3.05, 3.63) is 29.8 Å². The summed E-state index contributed by atoms with van der Waals surface area (Å²) in [5.74, 6) is -0.132. The molecule has 0 unspecified atom stereocenters. The molecular formula is C8H8F3NO2. The molecule has 0 bridgehead atoms. The second kappa shape index (κ2) is 3.85. The number of nitrogens with one attached hydrogen (secondary N) is 1. The Bertz CT molecular complexity index is 296. The van der Waals surface area contributed by atoms with Gasteiger partial charge < -0.3 is 10.3 Å². The molecule has 0 fully saturated rings. The number of hydrogen-bond donors (Lipinski definition) is 3. The van der Waals surface area contributed by atoms with Crippen molar-refractivity contribution in [3.63, 3.8) is 0 Å². The summed E-state index contributed by atoms with van der Waals surface area (Å²) in [7, 11) is 0. The van der Waals surface area contributed by atoms with E-state index in [-0.39, 0.29) is 11.3 Å². The number of phenolic OH excluding ortho intramolecular Hbond substituents is 1. The summed E-state index contributed by atoms with van der Waals surface area (Å²) >= 11 is 0. The summed E-state index contributed by atoms with van der Waals surface area (Å²) in [6.45, 7) is 0. The van der Waals surface area contributed by atoms with Crippen LogP contribution in [0, 0.1) is 0 Å². The predicted octanol–water partition coefficient (Wildman–Crippen LogP) is 1.97. The van der Waals surface area contributed by atoms with Gasteiger partial charge in [0.05, 0.1) is 0 Å². The van der Waals surface area contributed by atoms with Crippen molar-refractivity contribution in [2.75, 3.05) is 0 Å². The fraction of sp³-hybridized carbons (Fsp3) is 0.250. The highest BCUT2D eigenvalue weighted by molar-refractivity contribution is 5.28. The molecule has 0 saturated carbocycles. The predicted molar refractivity (Wildman–Crippen MR) is 41.8 cm³/mol. The van der Waals surface area contributed by atoms with Crippen molar-refractivity contribution in [1.82, 2.24) is 5.48 Å². The fourth-order valence-electron chi connectivity index (χ4n) is 1.00. The molecule has 0 aromatic heterocycles. The molecule has 0 aliphatic carbocycles. The first-order valence-electron chi connectivity index (χ1n) is 3.70. The number of phenols is 1. The highest BCUT2D eigenvalue weighted by atomic mass is 19.4. The van der Waals surface area contributed by atoms with E-state index in [2.05, 4.69) is 0 Å². The number of hydroxylamine groups is 1. The highest BCUT2D eigenvalue weighted by Crippen LogP contribution is 2.32. The first-order valence-corrected chi connectivity index (χ1v) is 3.70. The minimum Gasteiger partial charge on any atom is -0.508 e. The van der Waals surface area contributed by atoms with E-state index in [1.807, 2.05) is 0 Å². The van der Waals surface area contributed by atoms with E-state index >= 15 is 0 Å². The Morgan fingerprint density at radius 3 is 2.00 bits per heavy atom. The van der Waals surface area contributed by atoms with Crippen molar-refractivity contribution in [1.29, 1.82) is 0 Å². The van der Waals surface area contributed by atoms with E-state index in [1.54, 1.807) is 0 Å². The van der Waals surface area contributed by atoms with Gasteiger partial charge in [-0.1, -0.05) is 12.1 Å².